The van der Waals surface area contributed by atoms with Crippen LogP contribution < -0.4 is 5.32 Å². The number of rotatable bonds is 0. The SMILES string of the molecule is CNC(=S)OC.[Ni]. The van der Waals surface area contributed by atoms with E-state index >= 15 is 0 Å². The first kappa shape index (κ1) is 10.2. The molecule has 0 aromatic heterocycles. The van der Waals surface area contributed by atoms with Crippen molar-refractivity contribution in [1.29, 1.82) is 0 Å². The van der Waals surface area contributed by atoms with E-state index in [9.17, 15) is 0 Å². The van der Waals surface area contributed by atoms with Crippen LogP contribution in [0.1, 0.15) is 0 Å². The second-order valence-electron chi connectivity index (χ2n) is 0.742. The van der Waals surface area contributed by atoms with Crippen molar-refractivity contribution in [2.75, 3.05) is 14.2 Å². The average molecular weight is 164 g/mol. The predicted molar refractivity (Wildman–Crippen MR) is 28.7 cm³/mol. The molecule has 0 fully saturated rings. The van der Waals surface area contributed by atoms with E-state index in [1.165, 1.54) is 7.11 Å². The molecule has 0 bridgehead atoms. The summed E-state index contributed by atoms with van der Waals surface area (Å²) in [5.74, 6) is 0. The van der Waals surface area contributed by atoms with Crippen molar-refractivity contribution < 1.29 is 21.2 Å². The monoisotopic (exact) mass is 163 g/mol. The Hall–Kier alpha value is 0.184. The summed E-state index contributed by atoms with van der Waals surface area (Å²) < 4.78 is 4.52. The summed E-state index contributed by atoms with van der Waals surface area (Å²) in [6.45, 7) is 0. The smallest absolute Gasteiger partial charge is 0.256 e. The summed E-state index contributed by atoms with van der Waals surface area (Å²) in [5, 5.41) is 3.05. The summed E-state index contributed by atoms with van der Waals surface area (Å²) >= 11 is 4.52. The fourth-order valence-electron chi connectivity index (χ4n) is 0.102. The van der Waals surface area contributed by atoms with E-state index in [2.05, 4.69) is 22.3 Å². The Morgan fingerprint density at radius 3 is 2.14 bits per heavy atom. The van der Waals surface area contributed by atoms with Crippen LogP contribution in [0.4, 0.5) is 0 Å². The third kappa shape index (κ3) is 6.18. The molecular weight excluding hydrogens is 157 g/mol. The van der Waals surface area contributed by atoms with Gasteiger partial charge in [-0.25, -0.2) is 0 Å². The molecule has 0 heterocycles. The molecule has 0 aliphatic rings. The number of hydrogen-bond acceptors (Lipinski definition) is 2. The standard InChI is InChI=1S/C3H7NOS.Ni/c1-4-3(6)5-2;/h1-2H3,(H,4,6);. The molecule has 4 heteroatoms. The van der Waals surface area contributed by atoms with Crippen molar-refractivity contribution in [2.24, 2.45) is 0 Å². The van der Waals surface area contributed by atoms with Gasteiger partial charge in [-0.15, -0.1) is 0 Å². The van der Waals surface area contributed by atoms with Crippen LogP contribution in [-0.4, -0.2) is 19.3 Å². The minimum Gasteiger partial charge on any atom is -0.474 e. The second kappa shape index (κ2) is 6.18. The molecule has 0 aliphatic heterocycles. The first-order chi connectivity index (χ1) is 2.81. The van der Waals surface area contributed by atoms with Gasteiger partial charge in [0.25, 0.3) is 5.17 Å². The zero-order chi connectivity index (χ0) is 4.99. The molecule has 0 amide bonds. The van der Waals surface area contributed by atoms with Crippen molar-refractivity contribution >= 4 is 17.4 Å². The molecule has 0 saturated carbocycles. The summed E-state index contributed by atoms with van der Waals surface area (Å²) in [6.07, 6.45) is 0. The Kier molecular flexibility index (Phi) is 9.03. The zero-order valence-electron chi connectivity index (χ0n) is 4.13. The van der Waals surface area contributed by atoms with Gasteiger partial charge in [-0.3, -0.25) is 0 Å². The maximum Gasteiger partial charge on any atom is 0.256 e. The number of methoxy groups -OCH3 is 1. The van der Waals surface area contributed by atoms with Crippen LogP contribution >= 0.6 is 12.2 Å². The van der Waals surface area contributed by atoms with E-state index < -0.39 is 0 Å². The first-order valence-electron chi connectivity index (χ1n) is 1.57. The minimum atomic E-state index is 0. The maximum absolute atomic E-state index is 4.52. The molecule has 0 aliphatic carbocycles. The van der Waals surface area contributed by atoms with Crippen molar-refractivity contribution in [3.63, 3.8) is 0 Å². The quantitative estimate of drug-likeness (QED) is 0.406. The van der Waals surface area contributed by atoms with Gasteiger partial charge in [0.05, 0.1) is 7.11 Å². The molecule has 0 unspecified atom stereocenters. The summed E-state index contributed by atoms with van der Waals surface area (Å²) in [6, 6.07) is 0. The molecule has 7 heavy (non-hydrogen) atoms. The molecule has 0 atom stereocenters. The average Bonchev–Trinajstić information content (AvgIpc) is 1.65. The minimum absolute atomic E-state index is 0. The zero-order valence-corrected chi connectivity index (χ0v) is 5.94. The molecule has 0 aromatic rings. The van der Waals surface area contributed by atoms with Crippen LogP contribution in [0.5, 0.6) is 0 Å². The molecule has 0 rings (SSSR count). The summed E-state index contributed by atoms with van der Waals surface area (Å²) in [7, 11) is 3.24. The molecule has 0 radical (unpaired) electrons. The van der Waals surface area contributed by atoms with Crippen molar-refractivity contribution in [2.45, 2.75) is 0 Å². The molecule has 1 N–H and O–H groups in total. The van der Waals surface area contributed by atoms with Crippen LogP contribution in [0.25, 0.3) is 0 Å². The largest absolute Gasteiger partial charge is 0.474 e. The number of thiocarbonyl (C=S) groups is 1. The third-order valence-corrected chi connectivity index (χ3v) is 0.760. The molecule has 0 spiro atoms. The summed E-state index contributed by atoms with van der Waals surface area (Å²) in [4.78, 5) is 0. The van der Waals surface area contributed by atoms with Gasteiger partial charge < -0.3 is 10.1 Å². The normalized spacial score (nSPS) is 6.00. The van der Waals surface area contributed by atoms with Gasteiger partial charge in [0.15, 0.2) is 0 Å². The number of ether oxygens (including phenoxy) is 1. The van der Waals surface area contributed by atoms with Gasteiger partial charge in [0.2, 0.25) is 0 Å². The molecule has 0 saturated heterocycles. The molecular formula is C3H7NNiOS. The van der Waals surface area contributed by atoms with Crippen molar-refractivity contribution in [3.05, 3.63) is 0 Å². The van der Waals surface area contributed by atoms with E-state index in [1.54, 1.807) is 7.05 Å². The van der Waals surface area contributed by atoms with E-state index in [0.29, 0.717) is 5.17 Å². The Bertz CT molecular complexity index is 52.9. The Morgan fingerprint density at radius 2 is 2.14 bits per heavy atom. The van der Waals surface area contributed by atoms with Crippen LogP contribution in [0.2, 0.25) is 0 Å². The van der Waals surface area contributed by atoms with Crippen LogP contribution in [0.15, 0.2) is 0 Å². The van der Waals surface area contributed by atoms with Crippen molar-refractivity contribution in [1.82, 2.24) is 5.32 Å². The topological polar surface area (TPSA) is 21.3 Å². The Morgan fingerprint density at radius 1 is 1.71 bits per heavy atom. The van der Waals surface area contributed by atoms with Crippen LogP contribution in [0.3, 0.4) is 0 Å². The number of hydrogen-bond donors (Lipinski definition) is 1. The van der Waals surface area contributed by atoms with Gasteiger partial charge in [-0.2, -0.15) is 0 Å². The van der Waals surface area contributed by atoms with Gasteiger partial charge in [0, 0.05) is 23.5 Å². The molecule has 0 aromatic carbocycles. The van der Waals surface area contributed by atoms with Gasteiger partial charge in [0.1, 0.15) is 0 Å². The predicted octanol–water partition coefficient (Wildman–Crippen LogP) is 0.135. The third-order valence-electron chi connectivity index (χ3n) is 0.390. The number of nitrogens with one attached hydrogen (secondary N) is 1. The van der Waals surface area contributed by atoms with Gasteiger partial charge in [-0.1, -0.05) is 0 Å². The Balaban J connectivity index is 0. The fraction of sp³-hybridized carbons (Fsp3) is 0.667. The first-order valence-corrected chi connectivity index (χ1v) is 1.97. The molecule has 2 nitrogen and oxygen atoms in total. The maximum atomic E-state index is 4.52. The van der Waals surface area contributed by atoms with Crippen molar-refractivity contribution in [3.8, 4) is 0 Å². The second-order valence-corrected chi connectivity index (χ2v) is 1.11. The van der Waals surface area contributed by atoms with Gasteiger partial charge in [-0.05, 0) is 12.2 Å². The van der Waals surface area contributed by atoms with Crippen LogP contribution in [0, 0.1) is 0 Å². The fourth-order valence-corrected chi connectivity index (χ4v) is 0.102. The van der Waals surface area contributed by atoms with E-state index in [1.807, 2.05) is 0 Å². The van der Waals surface area contributed by atoms with E-state index in [0.717, 1.165) is 0 Å². The van der Waals surface area contributed by atoms with E-state index in [4.69, 9.17) is 0 Å². The van der Waals surface area contributed by atoms with Gasteiger partial charge >= 0.3 is 0 Å². The van der Waals surface area contributed by atoms with E-state index in [-0.39, 0.29) is 16.5 Å². The van der Waals surface area contributed by atoms with Crippen LogP contribution in [-0.2, 0) is 21.2 Å². The Labute approximate surface area is 58.5 Å². The molecule has 46 valence electrons. The summed E-state index contributed by atoms with van der Waals surface area (Å²) in [5.41, 5.74) is 0.